The number of amides is 1. The van der Waals surface area contributed by atoms with Crippen molar-refractivity contribution in [3.63, 3.8) is 0 Å². The average molecular weight is 518 g/mol. The number of aromatic nitrogens is 5. The van der Waals surface area contributed by atoms with Gasteiger partial charge in [0.25, 0.3) is 0 Å². The van der Waals surface area contributed by atoms with Gasteiger partial charge >= 0.3 is 6.01 Å². The zero-order valence-corrected chi connectivity index (χ0v) is 20.6. The Hall–Kier alpha value is -4.31. The molecular formula is C26H21ClFN7O2. The molecular weight excluding hydrogens is 497 g/mol. The molecule has 0 saturated carbocycles. The lowest BCUT2D eigenvalue weighted by atomic mass is 10.0. The summed E-state index contributed by atoms with van der Waals surface area (Å²) in [5, 5.41) is 3.19. The summed E-state index contributed by atoms with van der Waals surface area (Å²) in [5.74, 6) is 0.0601. The van der Waals surface area contributed by atoms with Crippen LogP contribution in [0.5, 0.6) is 11.8 Å². The smallest absolute Gasteiger partial charge is 0.321 e. The second-order valence-corrected chi connectivity index (χ2v) is 9.07. The summed E-state index contributed by atoms with van der Waals surface area (Å²) >= 11 is 6.58. The fraction of sp³-hybridized carbons (Fsp3) is 0.192. The molecule has 0 atom stereocenters. The summed E-state index contributed by atoms with van der Waals surface area (Å²) in [6.45, 7) is 4.13. The zero-order valence-electron chi connectivity index (χ0n) is 19.8. The Balaban J connectivity index is 1.40. The van der Waals surface area contributed by atoms with Gasteiger partial charge in [-0.15, -0.1) is 0 Å². The predicted octanol–water partition coefficient (Wildman–Crippen LogP) is 4.43. The Morgan fingerprint density at radius 1 is 0.973 bits per heavy atom. The molecule has 4 heterocycles. The number of hydrogen-bond acceptors (Lipinski definition) is 7. The molecule has 1 saturated heterocycles. The number of carbonyl (C=O) groups is 1. The van der Waals surface area contributed by atoms with Crippen LogP contribution in [0, 0.1) is 5.82 Å². The van der Waals surface area contributed by atoms with Crippen LogP contribution >= 0.6 is 11.6 Å². The second kappa shape index (κ2) is 9.29. The molecule has 0 bridgehead atoms. The van der Waals surface area contributed by atoms with Gasteiger partial charge in [0.2, 0.25) is 5.91 Å². The summed E-state index contributed by atoms with van der Waals surface area (Å²) in [7, 11) is 0. The Kier molecular flexibility index (Phi) is 5.80. The topological polar surface area (TPSA) is 89.3 Å². The number of carbonyl (C=O) groups excluding carboxylic acids is 1. The summed E-state index contributed by atoms with van der Waals surface area (Å²) in [6, 6.07) is 10.0. The lowest BCUT2D eigenvalue weighted by Crippen LogP contribution is -2.52. The first-order valence-corrected chi connectivity index (χ1v) is 12.1. The molecule has 37 heavy (non-hydrogen) atoms. The Morgan fingerprint density at radius 2 is 1.76 bits per heavy atom. The van der Waals surface area contributed by atoms with E-state index in [2.05, 4.69) is 24.9 Å². The van der Waals surface area contributed by atoms with E-state index in [-0.39, 0.29) is 11.9 Å². The molecule has 9 nitrogen and oxygen atoms in total. The first-order chi connectivity index (χ1) is 18.0. The fourth-order valence-corrected chi connectivity index (χ4v) is 4.84. The minimum absolute atomic E-state index is 0.0643. The highest BCUT2D eigenvalue weighted by atomic mass is 35.5. The molecule has 0 aliphatic carbocycles. The molecule has 11 heteroatoms. The molecule has 0 radical (unpaired) electrons. The van der Waals surface area contributed by atoms with Gasteiger partial charge in [0.05, 0.1) is 29.8 Å². The second-order valence-electron chi connectivity index (χ2n) is 8.67. The van der Waals surface area contributed by atoms with E-state index in [1.165, 1.54) is 6.07 Å². The van der Waals surface area contributed by atoms with E-state index in [0.29, 0.717) is 59.1 Å². The van der Waals surface area contributed by atoms with Gasteiger partial charge in [0.15, 0.2) is 0 Å². The number of fused-ring (bicyclic) bond motifs is 3. The van der Waals surface area contributed by atoms with Crippen molar-refractivity contribution in [2.24, 2.45) is 0 Å². The van der Waals surface area contributed by atoms with Gasteiger partial charge in [0.1, 0.15) is 28.9 Å². The van der Waals surface area contributed by atoms with Crippen molar-refractivity contribution >= 4 is 39.4 Å². The van der Waals surface area contributed by atoms with Crippen molar-refractivity contribution in [1.82, 2.24) is 29.5 Å². The van der Waals surface area contributed by atoms with E-state index in [1.807, 2.05) is 9.58 Å². The van der Waals surface area contributed by atoms with Crippen LogP contribution in [-0.4, -0.2) is 61.6 Å². The SMILES string of the molecule is CC(=O)N1CCN(n2cnc3cnc4cc(F)c(-c5ccc(Oc6ncccn6)cc5Cl)cc4c32)CC1. The first-order valence-electron chi connectivity index (χ1n) is 11.7. The lowest BCUT2D eigenvalue weighted by molar-refractivity contribution is -0.129. The quantitative estimate of drug-likeness (QED) is 0.348. The molecule has 0 N–H and O–H groups in total. The van der Waals surface area contributed by atoms with Gasteiger partial charge < -0.3 is 14.6 Å². The van der Waals surface area contributed by atoms with E-state index in [1.54, 1.807) is 62.2 Å². The molecule has 5 aromatic rings. The summed E-state index contributed by atoms with van der Waals surface area (Å²) in [6.07, 6.45) is 6.53. The predicted molar refractivity (Wildman–Crippen MR) is 138 cm³/mol. The van der Waals surface area contributed by atoms with Crippen LogP contribution in [0.4, 0.5) is 4.39 Å². The zero-order chi connectivity index (χ0) is 25.5. The number of imidazole rings is 1. The maximum Gasteiger partial charge on any atom is 0.321 e. The van der Waals surface area contributed by atoms with Crippen LogP contribution in [0.25, 0.3) is 33.1 Å². The standard InChI is InChI=1S/C26H21ClFN7O2/c1-16(36)33-7-9-34(10-8-33)35-15-32-24-14-31-23-13-22(28)19(12-20(23)25(24)35)18-4-3-17(11-21(18)27)37-26-29-5-2-6-30-26/h2-6,11-15H,7-10H2,1H3. The number of benzene rings is 2. The maximum absolute atomic E-state index is 15.3. The maximum atomic E-state index is 15.3. The minimum Gasteiger partial charge on any atom is -0.424 e. The third-order valence-electron chi connectivity index (χ3n) is 6.43. The summed E-state index contributed by atoms with van der Waals surface area (Å²) < 4.78 is 22.9. The normalized spacial score (nSPS) is 13.9. The number of pyridine rings is 1. The molecule has 0 unspecified atom stereocenters. The van der Waals surface area contributed by atoms with Gasteiger partial charge in [-0.1, -0.05) is 11.6 Å². The van der Waals surface area contributed by atoms with E-state index < -0.39 is 5.82 Å². The van der Waals surface area contributed by atoms with Crippen molar-refractivity contribution in [2.75, 3.05) is 31.2 Å². The van der Waals surface area contributed by atoms with Gasteiger partial charge in [-0.05, 0) is 24.3 Å². The average Bonchev–Trinajstić information content (AvgIpc) is 3.34. The van der Waals surface area contributed by atoms with Crippen molar-refractivity contribution in [1.29, 1.82) is 0 Å². The van der Waals surface area contributed by atoms with Gasteiger partial charge in [-0.2, -0.15) is 0 Å². The number of rotatable bonds is 4. The molecule has 1 aliphatic heterocycles. The first kappa shape index (κ1) is 23.1. The number of halogens is 2. The van der Waals surface area contributed by atoms with Crippen molar-refractivity contribution < 1.29 is 13.9 Å². The lowest BCUT2D eigenvalue weighted by Gasteiger charge is -2.36. The highest BCUT2D eigenvalue weighted by Gasteiger charge is 2.22. The monoisotopic (exact) mass is 517 g/mol. The van der Waals surface area contributed by atoms with Gasteiger partial charge in [-0.3, -0.25) is 9.78 Å². The van der Waals surface area contributed by atoms with Crippen LogP contribution in [0.15, 0.2) is 61.3 Å². The number of nitrogens with zero attached hydrogens (tertiary/aromatic N) is 7. The largest absolute Gasteiger partial charge is 0.424 e. The molecule has 186 valence electrons. The van der Waals surface area contributed by atoms with Crippen LogP contribution < -0.4 is 9.75 Å². The van der Waals surface area contributed by atoms with Crippen molar-refractivity contribution in [2.45, 2.75) is 6.92 Å². The third kappa shape index (κ3) is 4.29. The highest BCUT2D eigenvalue weighted by Crippen LogP contribution is 2.36. The van der Waals surface area contributed by atoms with E-state index >= 15 is 4.39 Å². The molecule has 6 rings (SSSR count). The summed E-state index contributed by atoms with van der Waals surface area (Å²) in [5.41, 5.74) is 2.87. The minimum atomic E-state index is -0.442. The molecule has 1 fully saturated rings. The van der Waals surface area contributed by atoms with Gasteiger partial charge in [-0.25, -0.2) is 24.0 Å². The molecule has 3 aromatic heterocycles. The van der Waals surface area contributed by atoms with Crippen molar-refractivity contribution in [3.8, 4) is 22.9 Å². The Labute approximate surface area is 216 Å². The van der Waals surface area contributed by atoms with E-state index in [9.17, 15) is 4.79 Å². The van der Waals surface area contributed by atoms with Gasteiger partial charge in [0, 0.05) is 61.1 Å². The Bertz CT molecular complexity index is 1640. The fourth-order valence-electron chi connectivity index (χ4n) is 4.57. The third-order valence-corrected chi connectivity index (χ3v) is 6.75. The van der Waals surface area contributed by atoms with Crippen molar-refractivity contribution in [3.05, 3.63) is 72.2 Å². The van der Waals surface area contributed by atoms with Crippen LogP contribution in [0.1, 0.15) is 6.92 Å². The number of hydrogen-bond donors (Lipinski definition) is 0. The summed E-state index contributed by atoms with van der Waals surface area (Å²) in [4.78, 5) is 30.6. The Morgan fingerprint density at radius 3 is 2.49 bits per heavy atom. The van der Waals surface area contributed by atoms with Crippen LogP contribution in [0.3, 0.4) is 0 Å². The van der Waals surface area contributed by atoms with E-state index in [0.717, 1.165) is 10.9 Å². The van der Waals surface area contributed by atoms with E-state index in [4.69, 9.17) is 16.3 Å². The van der Waals surface area contributed by atoms with Crippen LogP contribution in [-0.2, 0) is 4.79 Å². The number of piperazine rings is 1. The molecule has 1 aliphatic rings. The molecule has 2 aromatic carbocycles. The van der Waals surface area contributed by atoms with Crippen LogP contribution in [0.2, 0.25) is 5.02 Å². The molecule has 1 amide bonds. The number of ether oxygens (including phenoxy) is 1. The highest BCUT2D eigenvalue weighted by molar-refractivity contribution is 6.33. The molecule has 0 spiro atoms.